The van der Waals surface area contributed by atoms with Gasteiger partial charge in [0.25, 0.3) is 0 Å². The normalized spacial score (nSPS) is 10.9. The molecule has 0 heterocycles. The number of urea groups is 1. The fraction of sp³-hybridized carbons (Fsp3) is 0.786. The van der Waals surface area contributed by atoms with Crippen molar-refractivity contribution in [1.29, 1.82) is 0 Å². The van der Waals surface area contributed by atoms with Crippen molar-refractivity contribution in [3.05, 3.63) is 0 Å². The van der Waals surface area contributed by atoms with Crippen LogP contribution in [0.15, 0.2) is 0 Å². The molecule has 0 saturated carbocycles. The van der Waals surface area contributed by atoms with Crippen LogP contribution >= 0.6 is 0 Å². The molecule has 21 heavy (non-hydrogen) atoms. The number of hydrogen-bond acceptors (Lipinski definition) is 3. The molecule has 0 saturated heterocycles. The lowest BCUT2D eigenvalue weighted by Crippen LogP contribution is -2.44. The van der Waals surface area contributed by atoms with E-state index in [0.29, 0.717) is 25.9 Å². The van der Waals surface area contributed by atoms with Crippen molar-refractivity contribution in [1.82, 2.24) is 15.5 Å². The molecule has 0 aliphatic heterocycles. The van der Waals surface area contributed by atoms with Gasteiger partial charge in [-0.25, -0.2) is 4.79 Å². The summed E-state index contributed by atoms with van der Waals surface area (Å²) in [6.07, 6.45) is 1.37. The lowest BCUT2D eigenvalue weighted by atomic mass is 9.84. The van der Waals surface area contributed by atoms with Gasteiger partial charge in [-0.1, -0.05) is 13.8 Å². The van der Waals surface area contributed by atoms with Gasteiger partial charge in [-0.3, -0.25) is 9.59 Å². The van der Waals surface area contributed by atoms with Gasteiger partial charge in [0.05, 0.1) is 0 Å². The van der Waals surface area contributed by atoms with Crippen molar-refractivity contribution in [3.63, 3.8) is 0 Å². The summed E-state index contributed by atoms with van der Waals surface area (Å²) in [5.74, 6) is -1.01. The Morgan fingerprint density at radius 1 is 1.14 bits per heavy atom. The molecule has 0 aromatic carbocycles. The van der Waals surface area contributed by atoms with E-state index in [1.807, 2.05) is 20.8 Å². The zero-order valence-corrected chi connectivity index (χ0v) is 13.4. The summed E-state index contributed by atoms with van der Waals surface area (Å²) in [5, 5.41) is 14.0. The van der Waals surface area contributed by atoms with Crippen LogP contribution in [-0.2, 0) is 9.59 Å². The second-order valence-electron chi connectivity index (χ2n) is 5.85. The summed E-state index contributed by atoms with van der Waals surface area (Å²) in [7, 11) is 1.56. The number of aliphatic carboxylic acids is 1. The van der Waals surface area contributed by atoms with E-state index in [1.165, 1.54) is 4.90 Å². The minimum absolute atomic E-state index is 0.0160. The number of carboxylic acid groups (broad SMARTS) is 1. The van der Waals surface area contributed by atoms with Crippen molar-refractivity contribution in [3.8, 4) is 0 Å². The zero-order chi connectivity index (χ0) is 16.5. The van der Waals surface area contributed by atoms with E-state index < -0.39 is 5.97 Å². The minimum Gasteiger partial charge on any atom is -0.481 e. The number of carbonyl (C=O) groups excluding carboxylic acids is 2. The number of rotatable bonds is 9. The number of carbonyl (C=O) groups is 3. The summed E-state index contributed by atoms with van der Waals surface area (Å²) in [4.78, 5) is 35.0. The van der Waals surface area contributed by atoms with E-state index in [0.717, 1.165) is 0 Å². The largest absolute Gasteiger partial charge is 0.481 e. The number of nitrogens with one attached hydrogen (secondary N) is 2. The molecule has 7 heteroatoms. The monoisotopic (exact) mass is 301 g/mol. The van der Waals surface area contributed by atoms with Crippen LogP contribution in [0.4, 0.5) is 4.79 Å². The van der Waals surface area contributed by atoms with Crippen LogP contribution in [-0.4, -0.2) is 54.6 Å². The highest BCUT2D eigenvalue weighted by Gasteiger charge is 2.20. The van der Waals surface area contributed by atoms with E-state index in [1.54, 1.807) is 7.05 Å². The van der Waals surface area contributed by atoms with E-state index in [2.05, 4.69) is 10.6 Å². The number of amides is 3. The van der Waals surface area contributed by atoms with Crippen LogP contribution in [0.1, 0.15) is 40.0 Å². The van der Waals surface area contributed by atoms with Crippen molar-refractivity contribution in [2.24, 2.45) is 5.41 Å². The van der Waals surface area contributed by atoms with Gasteiger partial charge in [-0.05, 0) is 25.2 Å². The maximum absolute atomic E-state index is 11.8. The van der Waals surface area contributed by atoms with Crippen LogP contribution in [0, 0.1) is 5.41 Å². The molecule has 0 atom stereocenters. The van der Waals surface area contributed by atoms with E-state index in [4.69, 9.17) is 5.11 Å². The van der Waals surface area contributed by atoms with Crippen molar-refractivity contribution >= 4 is 17.9 Å². The quantitative estimate of drug-likeness (QED) is 0.592. The molecule has 0 radical (unpaired) electrons. The van der Waals surface area contributed by atoms with E-state index >= 15 is 0 Å². The Hall–Kier alpha value is -1.79. The maximum Gasteiger partial charge on any atom is 0.317 e. The maximum atomic E-state index is 11.8. The minimum atomic E-state index is -0.811. The van der Waals surface area contributed by atoms with Crippen LogP contribution in [0.25, 0.3) is 0 Å². The first kappa shape index (κ1) is 19.2. The van der Waals surface area contributed by atoms with Gasteiger partial charge in [-0.2, -0.15) is 0 Å². The SMILES string of the molecule is CCNC(=O)CN(C)C(=O)NCCC(C)(C)CCC(=O)O. The molecule has 0 unspecified atom stereocenters. The zero-order valence-electron chi connectivity index (χ0n) is 13.4. The molecule has 0 aromatic rings. The average Bonchev–Trinajstić information content (AvgIpc) is 2.36. The predicted molar refractivity (Wildman–Crippen MR) is 80.0 cm³/mol. The topological polar surface area (TPSA) is 98.7 Å². The van der Waals surface area contributed by atoms with Crippen LogP contribution in [0.3, 0.4) is 0 Å². The Morgan fingerprint density at radius 2 is 1.76 bits per heavy atom. The van der Waals surface area contributed by atoms with Gasteiger partial charge in [0, 0.05) is 26.6 Å². The average molecular weight is 301 g/mol. The molecule has 3 amide bonds. The Labute approximate surface area is 126 Å². The van der Waals surface area contributed by atoms with Gasteiger partial charge < -0.3 is 20.6 Å². The highest BCUT2D eigenvalue weighted by Crippen LogP contribution is 2.25. The van der Waals surface area contributed by atoms with Gasteiger partial charge in [-0.15, -0.1) is 0 Å². The second kappa shape index (κ2) is 9.20. The summed E-state index contributed by atoms with van der Waals surface area (Å²) >= 11 is 0. The first-order valence-electron chi connectivity index (χ1n) is 7.15. The number of carboxylic acids is 1. The van der Waals surface area contributed by atoms with Crippen molar-refractivity contribution in [2.45, 2.75) is 40.0 Å². The lowest BCUT2D eigenvalue weighted by molar-refractivity contribution is -0.137. The lowest BCUT2D eigenvalue weighted by Gasteiger charge is -2.25. The first-order chi connectivity index (χ1) is 9.68. The summed E-state index contributed by atoms with van der Waals surface area (Å²) < 4.78 is 0. The van der Waals surface area contributed by atoms with E-state index in [9.17, 15) is 14.4 Å². The van der Waals surface area contributed by atoms with Gasteiger partial charge in [0.15, 0.2) is 0 Å². The Morgan fingerprint density at radius 3 is 2.29 bits per heavy atom. The smallest absolute Gasteiger partial charge is 0.317 e. The summed E-state index contributed by atoms with van der Waals surface area (Å²) in [6, 6.07) is -0.310. The summed E-state index contributed by atoms with van der Waals surface area (Å²) in [6.45, 7) is 6.76. The fourth-order valence-corrected chi connectivity index (χ4v) is 1.75. The number of hydrogen-bond donors (Lipinski definition) is 3. The molecule has 3 N–H and O–H groups in total. The molecular weight excluding hydrogens is 274 g/mol. The van der Waals surface area contributed by atoms with Crippen LogP contribution in [0.2, 0.25) is 0 Å². The number of nitrogens with zero attached hydrogens (tertiary/aromatic N) is 1. The third-order valence-corrected chi connectivity index (χ3v) is 3.20. The second-order valence-corrected chi connectivity index (χ2v) is 5.85. The molecule has 0 aliphatic rings. The first-order valence-corrected chi connectivity index (χ1v) is 7.15. The highest BCUT2D eigenvalue weighted by molar-refractivity contribution is 5.83. The molecule has 0 aliphatic carbocycles. The molecule has 7 nitrogen and oxygen atoms in total. The molecule has 0 spiro atoms. The number of likely N-dealkylation sites (N-methyl/N-ethyl adjacent to an activating group) is 2. The third kappa shape index (κ3) is 9.70. The standard InChI is InChI=1S/C14H27N3O4/c1-5-15-11(18)10-17(4)13(21)16-9-8-14(2,3)7-6-12(19)20/h5-10H2,1-4H3,(H,15,18)(H,16,21)(H,19,20). The molecule has 0 fully saturated rings. The van der Waals surface area contributed by atoms with E-state index in [-0.39, 0.29) is 30.3 Å². The Kier molecular flexibility index (Phi) is 8.42. The Bertz CT molecular complexity index is 369. The molecule has 122 valence electrons. The predicted octanol–water partition coefficient (Wildman–Crippen LogP) is 1.05. The molecule has 0 bridgehead atoms. The van der Waals surface area contributed by atoms with Gasteiger partial charge >= 0.3 is 12.0 Å². The van der Waals surface area contributed by atoms with Crippen molar-refractivity contribution in [2.75, 3.05) is 26.7 Å². The van der Waals surface area contributed by atoms with Gasteiger partial charge in [0.1, 0.15) is 6.54 Å². The molecular formula is C14H27N3O4. The molecule has 0 rings (SSSR count). The Balaban J connectivity index is 4.01. The van der Waals surface area contributed by atoms with Crippen LogP contribution in [0.5, 0.6) is 0 Å². The van der Waals surface area contributed by atoms with Crippen LogP contribution < -0.4 is 10.6 Å². The van der Waals surface area contributed by atoms with Gasteiger partial charge in [0.2, 0.25) is 5.91 Å². The highest BCUT2D eigenvalue weighted by atomic mass is 16.4. The fourth-order valence-electron chi connectivity index (χ4n) is 1.75. The summed E-state index contributed by atoms with van der Waals surface area (Å²) in [5.41, 5.74) is -0.149. The third-order valence-electron chi connectivity index (χ3n) is 3.20. The molecule has 0 aromatic heterocycles. The van der Waals surface area contributed by atoms with Crippen molar-refractivity contribution < 1.29 is 19.5 Å².